The van der Waals surface area contributed by atoms with Crippen LogP contribution in [0.4, 0.5) is 0 Å². The number of H-pyrrole nitrogens is 1. The van der Waals surface area contributed by atoms with Gasteiger partial charge in [0.05, 0.1) is 23.4 Å². The first-order valence-electron chi connectivity index (χ1n) is 5.60. The van der Waals surface area contributed by atoms with Crippen LogP contribution in [-0.4, -0.2) is 14.8 Å². The van der Waals surface area contributed by atoms with Crippen molar-refractivity contribution >= 4 is 0 Å². The van der Waals surface area contributed by atoms with Crippen LogP contribution in [0.3, 0.4) is 0 Å². The Bertz CT molecular complexity index is 649. The van der Waals surface area contributed by atoms with Gasteiger partial charge in [-0.1, -0.05) is 13.0 Å². The highest BCUT2D eigenvalue weighted by Gasteiger charge is 2.15. The summed E-state index contributed by atoms with van der Waals surface area (Å²) in [6.07, 6.45) is 0.669. The lowest BCUT2D eigenvalue weighted by Crippen LogP contribution is -2.21. The average Bonchev–Trinajstić information content (AvgIpc) is 2.79. The van der Waals surface area contributed by atoms with Gasteiger partial charge in [0.2, 0.25) is 0 Å². The number of aromatic nitrogens is 3. The fourth-order valence-corrected chi connectivity index (χ4v) is 1.70. The molecule has 18 heavy (non-hydrogen) atoms. The van der Waals surface area contributed by atoms with Crippen LogP contribution < -0.4 is 11.4 Å². The van der Waals surface area contributed by atoms with Crippen LogP contribution in [0.2, 0.25) is 0 Å². The average molecular weight is 243 g/mol. The van der Waals surface area contributed by atoms with E-state index in [1.165, 1.54) is 4.57 Å². The SMILES string of the molecule is CC[C@H](N)c1n[nH]c(=O)n1-c1cccc(C#N)c1. The number of benzene rings is 1. The quantitative estimate of drug-likeness (QED) is 0.834. The van der Waals surface area contributed by atoms with Crippen LogP contribution in [0.15, 0.2) is 29.1 Å². The molecular weight excluding hydrogens is 230 g/mol. The third-order valence-corrected chi connectivity index (χ3v) is 2.70. The Labute approximate surface area is 104 Å². The van der Waals surface area contributed by atoms with Crippen molar-refractivity contribution in [1.82, 2.24) is 14.8 Å². The molecule has 0 amide bonds. The molecule has 0 unspecified atom stereocenters. The standard InChI is InChI=1S/C12H13N5O/c1-2-10(14)11-15-16-12(18)17(11)9-5-3-4-8(6-9)7-13/h3-6,10H,2,14H2,1H3,(H,16,18)/t10-/m0/s1. The molecule has 1 heterocycles. The van der Waals surface area contributed by atoms with Crippen molar-refractivity contribution in [1.29, 1.82) is 5.26 Å². The summed E-state index contributed by atoms with van der Waals surface area (Å²) in [6.45, 7) is 1.92. The molecule has 92 valence electrons. The summed E-state index contributed by atoms with van der Waals surface area (Å²) < 4.78 is 1.40. The van der Waals surface area contributed by atoms with Gasteiger partial charge in [-0.05, 0) is 24.6 Å². The van der Waals surface area contributed by atoms with Crippen LogP contribution in [0, 0.1) is 11.3 Å². The number of hydrogen-bond acceptors (Lipinski definition) is 4. The molecule has 2 aromatic rings. The Morgan fingerprint density at radius 2 is 2.39 bits per heavy atom. The minimum absolute atomic E-state index is 0.324. The molecule has 0 aliphatic rings. The number of aromatic amines is 1. The number of hydrogen-bond donors (Lipinski definition) is 2. The zero-order chi connectivity index (χ0) is 13.1. The maximum Gasteiger partial charge on any atom is 0.347 e. The summed E-state index contributed by atoms with van der Waals surface area (Å²) in [5, 5.41) is 15.2. The predicted octanol–water partition coefficient (Wildman–Crippen LogP) is 0.842. The lowest BCUT2D eigenvalue weighted by molar-refractivity contribution is 0.631. The predicted molar refractivity (Wildman–Crippen MR) is 66.1 cm³/mol. The van der Waals surface area contributed by atoms with Crippen molar-refractivity contribution < 1.29 is 0 Å². The van der Waals surface area contributed by atoms with Crippen molar-refractivity contribution in [3.8, 4) is 11.8 Å². The summed E-state index contributed by atoms with van der Waals surface area (Å²) in [5.41, 5.74) is 6.62. The van der Waals surface area contributed by atoms with Crippen molar-refractivity contribution in [2.45, 2.75) is 19.4 Å². The Hall–Kier alpha value is -2.39. The highest BCUT2D eigenvalue weighted by Crippen LogP contribution is 2.15. The molecule has 6 heteroatoms. The second-order valence-electron chi connectivity index (χ2n) is 3.90. The van der Waals surface area contributed by atoms with Gasteiger partial charge in [-0.3, -0.25) is 0 Å². The Morgan fingerprint density at radius 3 is 3.06 bits per heavy atom. The monoisotopic (exact) mass is 243 g/mol. The van der Waals surface area contributed by atoms with Crippen molar-refractivity contribution in [3.05, 3.63) is 46.1 Å². The van der Waals surface area contributed by atoms with Crippen LogP contribution in [-0.2, 0) is 0 Å². The van der Waals surface area contributed by atoms with Gasteiger partial charge in [0.1, 0.15) is 0 Å². The first kappa shape index (κ1) is 12.1. The van der Waals surface area contributed by atoms with Gasteiger partial charge in [-0.2, -0.15) is 10.4 Å². The molecule has 0 aliphatic heterocycles. The molecule has 1 aromatic carbocycles. The summed E-state index contributed by atoms with van der Waals surface area (Å²) in [5.74, 6) is 0.470. The van der Waals surface area contributed by atoms with Crippen molar-refractivity contribution in [3.63, 3.8) is 0 Å². The molecule has 0 radical (unpaired) electrons. The van der Waals surface area contributed by atoms with E-state index in [0.717, 1.165) is 0 Å². The van der Waals surface area contributed by atoms with Gasteiger partial charge in [0.15, 0.2) is 5.82 Å². The second-order valence-corrected chi connectivity index (χ2v) is 3.90. The molecule has 6 nitrogen and oxygen atoms in total. The lowest BCUT2D eigenvalue weighted by Gasteiger charge is -2.10. The Kier molecular flexibility index (Phi) is 3.26. The van der Waals surface area contributed by atoms with Crippen molar-refractivity contribution in [2.24, 2.45) is 5.73 Å². The van der Waals surface area contributed by atoms with E-state index in [9.17, 15) is 4.79 Å². The van der Waals surface area contributed by atoms with E-state index in [4.69, 9.17) is 11.0 Å². The number of nitriles is 1. The summed E-state index contributed by atoms with van der Waals surface area (Å²) in [7, 11) is 0. The lowest BCUT2D eigenvalue weighted by atomic mass is 10.2. The molecule has 0 spiro atoms. The fraction of sp³-hybridized carbons (Fsp3) is 0.250. The maximum atomic E-state index is 11.8. The molecule has 0 saturated carbocycles. The smallest absolute Gasteiger partial charge is 0.321 e. The first-order valence-corrected chi connectivity index (χ1v) is 5.60. The second kappa shape index (κ2) is 4.85. The molecule has 1 aromatic heterocycles. The zero-order valence-corrected chi connectivity index (χ0v) is 9.92. The third-order valence-electron chi connectivity index (χ3n) is 2.70. The number of nitrogens with zero attached hydrogens (tertiary/aromatic N) is 3. The molecule has 1 atom stereocenters. The molecule has 2 rings (SSSR count). The minimum Gasteiger partial charge on any atom is -0.321 e. The van der Waals surface area contributed by atoms with Gasteiger partial charge in [0.25, 0.3) is 0 Å². The molecule has 3 N–H and O–H groups in total. The molecule has 0 saturated heterocycles. The van der Waals surface area contributed by atoms with E-state index in [0.29, 0.717) is 23.5 Å². The number of nitrogens with one attached hydrogen (secondary N) is 1. The Balaban J connectivity index is 2.60. The van der Waals surface area contributed by atoms with E-state index >= 15 is 0 Å². The normalized spacial score (nSPS) is 12.1. The van der Waals surface area contributed by atoms with Gasteiger partial charge in [-0.25, -0.2) is 14.5 Å². The van der Waals surface area contributed by atoms with Crippen LogP contribution in [0.25, 0.3) is 5.69 Å². The van der Waals surface area contributed by atoms with E-state index in [1.54, 1.807) is 24.3 Å². The van der Waals surface area contributed by atoms with Gasteiger partial charge in [-0.15, -0.1) is 0 Å². The molecule has 0 fully saturated rings. The maximum absolute atomic E-state index is 11.8. The number of rotatable bonds is 3. The van der Waals surface area contributed by atoms with E-state index in [2.05, 4.69) is 10.2 Å². The third kappa shape index (κ3) is 2.04. The minimum atomic E-state index is -0.357. The molecule has 0 bridgehead atoms. The van der Waals surface area contributed by atoms with Crippen molar-refractivity contribution in [2.75, 3.05) is 0 Å². The van der Waals surface area contributed by atoms with Gasteiger partial charge in [0, 0.05) is 0 Å². The molecular formula is C12H13N5O. The Morgan fingerprint density at radius 1 is 1.61 bits per heavy atom. The first-order chi connectivity index (χ1) is 8.67. The van der Waals surface area contributed by atoms with E-state index < -0.39 is 0 Å². The summed E-state index contributed by atoms with van der Waals surface area (Å²) >= 11 is 0. The fourth-order valence-electron chi connectivity index (χ4n) is 1.70. The largest absolute Gasteiger partial charge is 0.347 e. The van der Waals surface area contributed by atoms with Crippen LogP contribution in [0.5, 0.6) is 0 Å². The van der Waals surface area contributed by atoms with E-state index in [-0.39, 0.29) is 11.7 Å². The molecule has 0 aliphatic carbocycles. The number of nitrogens with two attached hydrogens (primary N) is 1. The van der Waals surface area contributed by atoms with E-state index in [1.807, 2.05) is 13.0 Å². The van der Waals surface area contributed by atoms with Crippen LogP contribution >= 0.6 is 0 Å². The topological polar surface area (TPSA) is 100 Å². The highest BCUT2D eigenvalue weighted by atomic mass is 16.1. The van der Waals surface area contributed by atoms with Crippen LogP contribution in [0.1, 0.15) is 30.8 Å². The van der Waals surface area contributed by atoms with Gasteiger partial charge >= 0.3 is 5.69 Å². The van der Waals surface area contributed by atoms with Gasteiger partial charge < -0.3 is 5.73 Å². The zero-order valence-electron chi connectivity index (χ0n) is 9.92. The highest BCUT2D eigenvalue weighted by molar-refractivity contribution is 5.41. The summed E-state index contributed by atoms with van der Waals surface area (Å²) in [6, 6.07) is 8.47. The summed E-state index contributed by atoms with van der Waals surface area (Å²) in [4.78, 5) is 11.8.